The van der Waals surface area contributed by atoms with E-state index in [0.29, 0.717) is 54.6 Å². The van der Waals surface area contributed by atoms with Crippen LogP contribution in [0.2, 0.25) is 0 Å². The van der Waals surface area contributed by atoms with Crippen LogP contribution in [0.3, 0.4) is 0 Å². The molecule has 2 amide bonds. The molecule has 6 heterocycles. The number of aromatic nitrogens is 6. The van der Waals surface area contributed by atoms with Crippen molar-refractivity contribution in [1.82, 2.24) is 40.1 Å². The number of carbonyl (C=O) groups is 2. The van der Waals surface area contributed by atoms with Gasteiger partial charge in [0, 0.05) is 52.2 Å². The van der Waals surface area contributed by atoms with Gasteiger partial charge >= 0.3 is 6.09 Å². The number of hydrogen-bond donors (Lipinski definition) is 3. The molecule has 15 nitrogen and oxygen atoms in total. The summed E-state index contributed by atoms with van der Waals surface area (Å²) in [5.41, 5.74) is 14.0. The lowest BCUT2D eigenvalue weighted by Gasteiger charge is -2.40. The number of nitrogens with one attached hydrogen (secondary N) is 1. The summed E-state index contributed by atoms with van der Waals surface area (Å²) < 4.78 is 5.48. The highest BCUT2D eigenvalue weighted by Crippen LogP contribution is 2.26. The number of nitrogens with two attached hydrogens (primary N) is 2. The molecular formula is C32H44N12O3. The second-order valence-electron chi connectivity index (χ2n) is 12.9. The number of carbonyl (C=O) groups excluding carboxylic acids is 2. The van der Waals surface area contributed by atoms with Gasteiger partial charge in [0.1, 0.15) is 40.9 Å². The molecule has 0 radical (unpaired) electrons. The fourth-order valence-corrected chi connectivity index (χ4v) is 5.74. The zero-order chi connectivity index (χ0) is 33.7. The predicted octanol–water partition coefficient (Wildman–Crippen LogP) is 3.01. The third-order valence-corrected chi connectivity index (χ3v) is 8.26. The Morgan fingerprint density at radius 2 is 1.40 bits per heavy atom. The molecule has 0 aliphatic carbocycles. The van der Waals surface area contributed by atoms with Gasteiger partial charge in [0.25, 0.3) is 0 Å². The lowest BCUT2D eigenvalue weighted by Crippen LogP contribution is -2.55. The maximum Gasteiger partial charge on any atom is 0.410 e. The Morgan fingerprint density at radius 3 is 1.91 bits per heavy atom. The maximum absolute atomic E-state index is 12.3. The highest BCUT2D eigenvalue weighted by atomic mass is 16.6. The fraction of sp³-hybridized carbons (Fsp3) is 0.500. The Labute approximate surface area is 274 Å². The third-order valence-electron chi connectivity index (χ3n) is 8.26. The Balaban J connectivity index is 0.000000186. The quantitative estimate of drug-likeness (QED) is 0.294. The number of hydrogen-bond acceptors (Lipinski definition) is 13. The van der Waals surface area contributed by atoms with Gasteiger partial charge in [0.05, 0.1) is 11.0 Å². The molecule has 4 aromatic heterocycles. The van der Waals surface area contributed by atoms with Crippen LogP contribution in [0.15, 0.2) is 36.9 Å². The van der Waals surface area contributed by atoms with Gasteiger partial charge in [-0.25, -0.2) is 34.7 Å². The molecule has 4 aromatic rings. The molecule has 6 rings (SSSR count). The number of piperazine rings is 1. The van der Waals surface area contributed by atoms with Gasteiger partial charge in [-0.05, 0) is 70.7 Å². The van der Waals surface area contributed by atoms with Crippen molar-refractivity contribution in [2.24, 2.45) is 5.92 Å². The SMILES string of the molecule is CC1CN(c2ccc3ncnc(N)c3n2)CCN1C(=O)OC(C)(C)C.CNC(=O)CC1CCN(c2ccc3ncnc(N)c3n2)CC1. The number of ether oxygens (including phenoxy) is 1. The average Bonchev–Trinajstić information content (AvgIpc) is 3.04. The molecule has 2 fully saturated rings. The first-order valence-corrected chi connectivity index (χ1v) is 15.9. The minimum absolute atomic E-state index is 0.0190. The van der Waals surface area contributed by atoms with Crippen molar-refractivity contribution in [3.8, 4) is 0 Å². The number of pyridine rings is 2. The van der Waals surface area contributed by atoms with E-state index in [2.05, 4.69) is 45.0 Å². The van der Waals surface area contributed by atoms with Gasteiger partial charge in [0.2, 0.25) is 5.91 Å². The molecule has 0 bridgehead atoms. The van der Waals surface area contributed by atoms with Crippen molar-refractivity contribution in [1.29, 1.82) is 0 Å². The number of piperidine rings is 1. The smallest absolute Gasteiger partial charge is 0.410 e. The van der Waals surface area contributed by atoms with E-state index < -0.39 is 5.60 Å². The molecule has 2 saturated heterocycles. The topological polar surface area (TPSA) is 195 Å². The van der Waals surface area contributed by atoms with Gasteiger partial charge in [-0.1, -0.05) is 0 Å². The first-order chi connectivity index (χ1) is 22.4. The van der Waals surface area contributed by atoms with Crippen LogP contribution in [0.1, 0.15) is 47.0 Å². The fourth-order valence-electron chi connectivity index (χ4n) is 5.74. The molecule has 15 heteroatoms. The van der Waals surface area contributed by atoms with Gasteiger partial charge in [-0.2, -0.15) is 0 Å². The molecule has 2 aliphatic heterocycles. The van der Waals surface area contributed by atoms with Crippen LogP contribution < -0.4 is 26.6 Å². The number of anilines is 4. The van der Waals surface area contributed by atoms with Crippen LogP contribution in [-0.4, -0.2) is 98.2 Å². The summed E-state index contributed by atoms with van der Waals surface area (Å²) in [6, 6.07) is 7.72. The van der Waals surface area contributed by atoms with Gasteiger partial charge in [-0.3, -0.25) is 4.79 Å². The molecule has 0 aromatic carbocycles. The van der Waals surface area contributed by atoms with Crippen LogP contribution >= 0.6 is 0 Å². The third kappa shape index (κ3) is 8.20. The Morgan fingerprint density at radius 1 is 0.851 bits per heavy atom. The minimum Gasteiger partial charge on any atom is -0.444 e. The van der Waals surface area contributed by atoms with E-state index in [4.69, 9.17) is 16.2 Å². The Kier molecular flexibility index (Phi) is 10.0. The predicted molar refractivity (Wildman–Crippen MR) is 182 cm³/mol. The minimum atomic E-state index is -0.495. The summed E-state index contributed by atoms with van der Waals surface area (Å²) in [6.45, 7) is 11.3. The van der Waals surface area contributed by atoms with E-state index in [1.165, 1.54) is 12.7 Å². The summed E-state index contributed by atoms with van der Waals surface area (Å²) in [5.74, 6) is 3.04. The van der Waals surface area contributed by atoms with E-state index >= 15 is 0 Å². The summed E-state index contributed by atoms with van der Waals surface area (Å²) in [5, 5.41) is 2.69. The lowest BCUT2D eigenvalue weighted by atomic mass is 9.93. The van der Waals surface area contributed by atoms with Crippen molar-refractivity contribution >= 4 is 57.3 Å². The van der Waals surface area contributed by atoms with Gasteiger partial charge in [0.15, 0.2) is 11.6 Å². The molecule has 250 valence electrons. The average molecular weight is 645 g/mol. The summed E-state index contributed by atoms with van der Waals surface area (Å²) in [4.78, 5) is 55.4. The molecule has 1 unspecified atom stereocenters. The van der Waals surface area contributed by atoms with Crippen LogP contribution in [-0.2, 0) is 9.53 Å². The van der Waals surface area contributed by atoms with E-state index in [-0.39, 0.29) is 18.0 Å². The van der Waals surface area contributed by atoms with Crippen molar-refractivity contribution < 1.29 is 14.3 Å². The number of fused-ring (bicyclic) bond motifs is 2. The van der Waals surface area contributed by atoms with Crippen molar-refractivity contribution in [3.05, 3.63) is 36.9 Å². The molecule has 0 spiro atoms. The second kappa shape index (κ2) is 14.1. The largest absolute Gasteiger partial charge is 0.444 e. The molecule has 1 atom stereocenters. The lowest BCUT2D eigenvalue weighted by molar-refractivity contribution is -0.121. The van der Waals surface area contributed by atoms with Crippen molar-refractivity contribution in [2.45, 2.75) is 58.6 Å². The monoisotopic (exact) mass is 644 g/mol. The number of amides is 2. The number of nitrogens with zero attached hydrogens (tertiary/aromatic N) is 9. The first-order valence-electron chi connectivity index (χ1n) is 15.9. The molecular weight excluding hydrogens is 600 g/mol. The van der Waals surface area contributed by atoms with Crippen LogP contribution in [0, 0.1) is 5.92 Å². The maximum atomic E-state index is 12.3. The summed E-state index contributed by atoms with van der Waals surface area (Å²) in [7, 11) is 1.68. The highest BCUT2D eigenvalue weighted by molar-refractivity contribution is 5.85. The van der Waals surface area contributed by atoms with E-state index in [1.54, 1.807) is 11.9 Å². The molecule has 0 saturated carbocycles. The second-order valence-corrected chi connectivity index (χ2v) is 12.9. The van der Waals surface area contributed by atoms with Crippen molar-refractivity contribution in [2.75, 3.05) is 61.0 Å². The number of rotatable bonds is 4. The molecule has 47 heavy (non-hydrogen) atoms. The first kappa shape index (κ1) is 33.3. The Bertz CT molecular complexity index is 1720. The zero-order valence-corrected chi connectivity index (χ0v) is 27.7. The van der Waals surface area contributed by atoms with Crippen LogP contribution in [0.5, 0.6) is 0 Å². The summed E-state index contributed by atoms with van der Waals surface area (Å²) in [6.07, 6.45) is 5.20. The van der Waals surface area contributed by atoms with Crippen LogP contribution in [0.25, 0.3) is 22.1 Å². The summed E-state index contributed by atoms with van der Waals surface area (Å²) >= 11 is 0. The molecule has 5 N–H and O–H groups in total. The van der Waals surface area contributed by atoms with E-state index in [9.17, 15) is 9.59 Å². The van der Waals surface area contributed by atoms with E-state index in [0.717, 1.165) is 48.6 Å². The van der Waals surface area contributed by atoms with Gasteiger partial charge in [-0.15, -0.1) is 0 Å². The normalized spacial score (nSPS) is 17.3. The van der Waals surface area contributed by atoms with Crippen molar-refractivity contribution in [3.63, 3.8) is 0 Å². The Hall–Kier alpha value is -5.08. The van der Waals surface area contributed by atoms with Crippen LogP contribution in [0.4, 0.5) is 28.1 Å². The molecule has 2 aliphatic rings. The highest BCUT2D eigenvalue weighted by Gasteiger charge is 2.31. The zero-order valence-electron chi connectivity index (χ0n) is 27.7. The number of nitrogen functional groups attached to an aromatic ring is 2. The standard InChI is InChI=1S/C17H24N6O2.C15H20N6O/c1-11-9-22(7-8-23(11)16(24)25-17(2,3)4)13-6-5-12-14(21-13)15(18)20-10-19-12;1-17-13(22)8-10-4-6-21(7-5-10)12-3-2-11-14(20-12)15(16)19-9-18-11/h5-6,10-11H,7-9H2,1-4H3,(H2,18,19,20);2-3,9-10H,4-8H2,1H3,(H,17,22)(H2,16,18,19). The van der Waals surface area contributed by atoms with Gasteiger partial charge < -0.3 is 36.2 Å². The van der Waals surface area contributed by atoms with E-state index in [1.807, 2.05) is 52.0 Å².